The number of aromatic nitrogens is 3. The number of nitrogens with zero attached hydrogens (tertiary/aromatic N) is 3. The van der Waals surface area contributed by atoms with Crippen molar-refractivity contribution >= 4 is 17.2 Å². The first-order chi connectivity index (χ1) is 18.5. The highest BCUT2D eigenvalue weighted by Crippen LogP contribution is 2.42. The minimum atomic E-state index is -4.69. The molecule has 7 nitrogen and oxygen atoms in total. The van der Waals surface area contributed by atoms with Gasteiger partial charge in [-0.25, -0.2) is 4.39 Å². The Morgan fingerprint density at radius 3 is 2.67 bits per heavy atom. The quantitative estimate of drug-likeness (QED) is 0.279. The van der Waals surface area contributed by atoms with E-state index in [9.17, 15) is 22.4 Å². The average molecular weight is 560 g/mol. The van der Waals surface area contributed by atoms with Crippen molar-refractivity contribution in [3.63, 3.8) is 0 Å². The van der Waals surface area contributed by atoms with Crippen molar-refractivity contribution < 1.29 is 27.1 Å². The van der Waals surface area contributed by atoms with E-state index in [1.54, 1.807) is 40.4 Å². The zero-order valence-corrected chi connectivity index (χ0v) is 21.9. The van der Waals surface area contributed by atoms with Gasteiger partial charge in [-0.15, -0.1) is 11.3 Å². The molecule has 1 aliphatic carbocycles. The summed E-state index contributed by atoms with van der Waals surface area (Å²) in [6.07, 6.45) is 0.0399. The maximum absolute atomic E-state index is 14.0. The number of carbonyl (C=O) groups excluding carboxylic acids is 1. The number of alkyl halides is 3. The predicted molar refractivity (Wildman–Crippen MR) is 137 cm³/mol. The number of aryl methyl sites for hydroxylation is 1. The van der Waals surface area contributed by atoms with Gasteiger partial charge in [0, 0.05) is 42.5 Å². The number of thiazole rings is 1. The van der Waals surface area contributed by atoms with Gasteiger partial charge in [-0.1, -0.05) is 6.07 Å². The number of halogens is 4. The van der Waals surface area contributed by atoms with E-state index in [4.69, 9.17) is 10.1 Å². The maximum Gasteiger partial charge on any atom is 0.435 e. The lowest BCUT2D eigenvalue weighted by Crippen LogP contribution is -2.30. The molecular formula is C27H25F4N5O2S. The highest BCUT2D eigenvalue weighted by molar-refractivity contribution is 7.06. The maximum atomic E-state index is 14.0. The molecule has 5 rings (SSSR count). The van der Waals surface area contributed by atoms with Crippen molar-refractivity contribution in [3.05, 3.63) is 87.2 Å². The predicted octanol–water partition coefficient (Wildman–Crippen LogP) is 5.53. The summed E-state index contributed by atoms with van der Waals surface area (Å²) in [6, 6.07) is 8.62. The molecule has 12 heteroatoms. The Labute approximate surface area is 225 Å². The lowest BCUT2D eigenvalue weighted by Gasteiger charge is -2.20. The molecule has 1 aliphatic rings. The number of methoxy groups -OCH3 is 1. The van der Waals surface area contributed by atoms with E-state index >= 15 is 0 Å². The van der Waals surface area contributed by atoms with Gasteiger partial charge in [-0.05, 0) is 65.8 Å². The van der Waals surface area contributed by atoms with Crippen LogP contribution in [-0.4, -0.2) is 27.4 Å². The van der Waals surface area contributed by atoms with Gasteiger partial charge < -0.3 is 14.6 Å². The summed E-state index contributed by atoms with van der Waals surface area (Å²) in [6.45, 7) is 0.194. The molecule has 0 bridgehead atoms. The van der Waals surface area contributed by atoms with Crippen LogP contribution in [0.4, 0.5) is 17.6 Å². The second-order valence-electron chi connectivity index (χ2n) is 9.50. The summed E-state index contributed by atoms with van der Waals surface area (Å²) in [5, 5.41) is 16.4. The second-order valence-corrected chi connectivity index (χ2v) is 10.4. The van der Waals surface area contributed by atoms with Gasteiger partial charge in [-0.3, -0.25) is 14.9 Å². The summed E-state index contributed by atoms with van der Waals surface area (Å²) in [4.78, 5) is 13.8. The minimum Gasteiger partial charge on any atom is -0.494 e. The zero-order valence-electron chi connectivity index (χ0n) is 21.1. The lowest BCUT2D eigenvalue weighted by atomic mass is 9.98. The SMILES string of the molecule is COc1cc(C(NC(=O)c2cc(Cn3ccsc3=N)cc(-c3cn(C)nc3C(F)(F)F)c2)C2CC2)ccc1F. The number of hydrogen-bond acceptors (Lipinski definition) is 5. The molecule has 1 saturated carbocycles. The fourth-order valence-corrected chi connectivity index (χ4v) is 5.20. The van der Waals surface area contributed by atoms with E-state index in [1.165, 1.54) is 43.8 Å². The van der Waals surface area contributed by atoms with Gasteiger partial charge in [0.1, 0.15) is 0 Å². The van der Waals surface area contributed by atoms with E-state index < -0.39 is 29.6 Å². The van der Waals surface area contributed by atoms with Crippen LogP contribution in [0.2, 0.25) is 0 Å². The summed E-state index contributed by atoms with van der Waals surface area (Å²) < 4.78 is 63.2. The van der Waals surface area contributed by atoms with Crippen LogP contribution < -0.4 is 14.9 Å². The van der Waals surface area contributed by atoms with Gasteiger partial charge in [-0.2, -0.15) is 18.3 Å². The first kappa shape index (κ1) is 26.7. The van der Waals surface area contributed by atoms with Crippen molar-refractivity contribution in [2.45, 2.75) is 31.6 Å². The van der Waals surface area contributed by atoms with E-state index in [-0.39, 0.29) is 39.7 Å². The van der Waals surface area contributed by atoms with Crippen molar-refractivity contribution in [1.82, 2.24) is 19.7 Å². The Kier molecular flexibility index (Phi) is 7.06. The summed E-state index contributed by atoms with van der Waals surface area (Å²) in [5.41, 5.74) is 0.391. The molecule has 2 aromatic heterocycles. The third-order valence-corrected chi connectivity index (χ3v) is 7.33. The van der Waals surface area contributed by atoms with E-state index in [0.717, 1.165) is 17.5 Å². The largest absolute Gasteiger partial charge is 0.494 e. The molecule has 39 heavy (non-hydrogen) atoms. The van der Waals surface area contributed by atoms with Gasteiger partial charge in [0.15, 0.2) is 22.1 Å². The van der Waals surface area contributed by atoms with Gasteiger partial charge in [0.2, 0.25) is 0 Å². The van der Waals surface area contributed by atoms with Gasteiger partial charge in [0.05, 0.1) is 13.2 Å². The molecule has 1 amide bonds. The van der Waals surface area contributed by atoms with Gasteiger partial charge in [0.25, 0.3) is 5.91 Å². The monoisotopic (exact) mass is 559 g/mol. The topological polar surface area (TPSA) is 84.9 Å². The number of hydrogen-bond donors (Lipinski definition) is 2. The molecule has 0 aliphatic heterocycles. The van der Waals surface area contributed by atoms with Crippen LogP contribution in [-0.2, 0) is 19.8 Å². The zero-order chi connectivity index (χ0) is 27.9. The molecule has 1 atom stereocenters. The Morgan fingerprint density at radius 1 is 1.26 bits per heavy atom. The smallest absolute Gasteiger partial charge is 0.435 e. The van der Waals surface area contributed by atoms with Crippen molar-refractivity contribution in [1.29, 1.82) is 5.41 Å². The summed E-state index contributed by atoms with van der Waals surface area (Å²) >= 11 is 1.22. The normalized spacial score (nSPS) is 14.3. The molecule has 1 fully saturated rings. The van der Waals surface area contributed by atoms with Crippen molar-refractivity contribution in [3.8, 4) is 16.9 Å². The van der Waals surface area contributed by atoms with Crippen LogP contribution in [0.3, 0.4) is 0 Å². The third-order valence-electron chi connectivity index (χ3n) is 6.61. The third kappa shape index (κ3) is 5.75. The molecule has 0 radical (unpaired) electrons. The van der Waals surface area contributed by atoms with Crippen molar-refractivity contribution in [2.24, 2.45) is 13.0 Å². The summed E-state index contributed by atoms with van der Waals surface area (Å²) in [7, 11) is 2.77. The molecule has 0 saturated heterocycles. The molecule has 2 heterocycles. The minimum absolute atomic E-state index is 0.0620. The average Bonchev–Trinajstić information content (AvgIpc) is 3.53. The molecule has 0 spiro atoms. The van der Waals surface area contributed by atoms with E-state index in [0.29, 0.717) is 11.1 Å². The first-order valence-electron chi connectivity index (χ1n) is 12.1. The molecule has 204 valence electrons. The Morgan fingerprint density at radius 2 is 2.03 bits per heavy atom. The van der Waals surface area contributed by atoms with E-state index in [2.05, 4.69) is 10.4 Å². The molecule has 4 aromatic rings. The van der Waals surface area contributed by atoms with Crippen LogP contribution in [0, 0.1) is 17.1 Å². The Balaban J connectivity index is 1.55. The van der Waals surface area contributed by atoms with Crippen LogP contribution in [0.1, 0.15) is 46.1 Å². The standard InChI is InChI=1S/C27H25F4N5O2S/c1-35-14-20(24(34-35)27(29,30)31)18-9-15(13-36-7-8-39-26(36)32)10-19(11-18)25(37)33-23(16-3-4-16)17-5-6-21(28)22(12-17)38-2/h5-12,14,16,23,32H,3-4,13H2,1-2H3,(H,33,37). The second kappa shape index (κ2) is 10.3. The number of nitrogens with one attached hydrogen (secondary N) is 2. The van der Waals surface area contributed by atoms with E-state index in [1.807, 2.05) is 0 Å². The highest BCUT2D eigenvalue weighted by atomic mass is 32.1. The Hall–Kier alpha value is -3.93. The first-order valence-corrected chi connectivity index (χ1v) is 13.0. The van der Waals surface area contributed by atoms with Gasteiger partial charge >= 0.3 is 6.18 Å². The van der Waals surface area contributed by atoms with Crippen LogP contribution in [0.15, 0.2) is 54.2 Å². The van der Waals surface area contributed by atoms with Crippen LogP contribution in [0.25, 0.3) is 11.1 Å². The fraction of sp³-hybridized carbons (Fsp3) is 0.296. The molecular weight excluding hydrogens is 534 g/mol. The molecule has 1 unspecified atom stereocenters. The van der Waals surface area contributed by atoms with Crippen LogP contribution >= 0.6 is 11.3 Å². The summed E-state index contributed by atoms with van der Waals surface area (Å²) in [5.74, 6) is -0.783. The lowest BCUT2D eigenvalue weighted by molar-refractivity contribution is -0.140. The number of carbonyl (C=O) groups is 1. The van der Waals surface area contributed by atoms with Crippen molar-refractivity contribution in [2.75, 3.05) is 7.11 Å². The van der Waals surface area contributed by atoms with Crippen LogP contribution in [0.5, 0.6) is 5.75 Å². The highest BCUT2D eigenvalue weighted by Gasteiger charge is 2.38. The number of benzene rings is 2. The number of ether oxygens (including phenoxy) is 1. The molecule has 2 aromatic carbocycles. The fourth-order valence-electron chi connectivity index (χ4n) is 4.60. The number of amides is 1. The molecule has 2 N–H and O–H groups in total. The number of rotatable bonds is 8. The Bertz CT molecular complexity index is 1590.